The van der Waals surface area contributed by atoms with E-state index in [1.165, 1.54) is 18.1 Å². The standard InChI is InChI=1S/C19H20N6O3/c1-27-19-20-10-9-17(22-19)28-15-8-5-11-24(13-15)18(26)16-12-21-25(23-16)14-6-3-2-4-7-14/h2-4,6-7,9-10,12,15H,5,8,11,13H2,1H3. The first-order valence-corrected chi connectivity index (χ1v) is 9.03. The zero-order valence-corrected chi connectivity index (χ0v) is 15.4. The fourth-order valence-electron chi connectivity index (χ4n) is 3.09. The maximum Gasteiger partial charge on any atom is 0.319 e. The number of benzene rings is 1. The monoisotopic (exact) mass is 380 g/mol. The summed E-state index contributed by atoms with van der Waals surface area (Å²) in [7, 11) is 1.50. The first-order chi connectivity index (χ1) is 13.7. The molecule has 1 aromatic carbocycles. The molecule has 0 bridgehead atoms. The molecular formula is C19H20N6O3. The molecule has 0 radical (unpaired) electrons. The minimum atomic E-state index is -0.157. The van der Waals surface area contributed by atoms with Gasteiger partial charge in [0.1, 0.15) is 6.10 Å². The van der Waals surface area contributed by atoms with E-state index in [0.29, 0.717) is 24.7 Å². The molecular weight excluding hydrogens is 360 g/mol. The van der Waals surface area contributed by atoms with Crippen LogP contribution in [0.15, 0.2) is 48.8 Å². The quantitative estimate of drug-likeness (QED) is 0.665. The third-order valence-corrected chi connectivity index (χ3v) is 4.44. The highest BCUT2D eigenvalue weighted by atomic mass is 16.5. The SMILES string of the molecule is COc1nccc(OC2CCCN(C(=O)c3cnn(-c4ccccc4)n3)C2)n1. The number of aromatic nitrogens is 5. The van der Waals surface area contributed by atoms with Crippen molar-refractivity contribution in [1.82, 2.24) is 29.9 Å². The number of hydrogen-bond acceptors (Lipinski definition) is 7. The Bertz CT molecular complexity index is 946. The minimum Gasteiger partial charge on any atom is -0.472 e. The predicted molar refractivity (Wildman–Crippen MR) is 99.5 cm³/mol. The van der Waals surface area contributed by atoms with E-state index in [0.717, 1.165) is 18.5 Å². The molecule has 0 saturated carbocycles. The molecule has 1 saturated heterocycles. The van der Waals surface area contributed by atoms with E-state index in [1.807, 2.05) is 30.3 Å². The Kier molecular flexibility index (Phi) is 5.14. The molecule has 9 heteroatoms. The summed E-state index contributed by atoms with van der Waals surface area (Å²) in [6.07, 6.45) is 4.60. The molecule has 1 amide bonds. The van der Waals surface area contributed by atoms with Crippen LogP contribution in [-0.4, -0.2) is 62.1 Å². The summed E-state index contributed by atoms with van der Waals surface area (Å²) in [4.78, 5) is 24.2. The van der Waals surface area contributed by atoms with Crippen LogP contribution >= 0.6 is 0 Å². The second kappa shape index (κ2) is 8.03. The molecule has 1 fully saturated rings. The molecule has 0 aliphatic carbocycles. The van der Waals surface area contributed by atoms with Gasteiger partial charge in [0.15, 0.2) is 5.69 Å². The lowest BCUT2D eigenvalue weighted by atomic mass is 10.1. The number of piperidine rings is 1. The van der Waals surface area contributed by atoms with Crippen molar-refractivity contribution in [3.05, 3.63) is 54.5 Å². The highest BCUT2D eigenvalue weighted by Gasteiger charge is 2.27. The van der Waals surface area contributed by atoms with Gasteiger partial charge in [0.2, 0.25) is 5.88 Å². The van der Waals surface area contributed by atoms with Gasteiger partial charge in [-0.25, -0.2) is 4.98 Å². The van der Waals surface area contributed by atoms with Crippen molar-refractivity contribution in [2.24, 2.45) is 0 Å². The Labute approximate surface area is 161 Å². The van der Waals surface area contributed by atoms with Crippen molar-refractivity contribution < 1.29 is 14.3 Å². The molecule has 3 heterocycles. The smallest absolute Gasteiger partial charge is 0.319 e. The summed E-state index contributed by atoms with van der Waals surface area (Å²) in [6.45, 7) is 1.12. The number of amides is 1. The first-order valence-electron chi connectivity index (χ1n) is 9.03. The second-order valence-electron chi connectivity index (χ2n) is 6.37. The topological polar surface area (TPSA) is 95.3 Å². The highest BCUT2D eigenvalue weighted by molar-refractivity contribution is 5.92. The summed E-state index contributed by atoms with van der Waals surface area (Å²) in [5.41, 5.74) is 1.12. The Morgan fingerprint density at radius 1 is 1.21 bits per heavy atom. The minimum absolute atomic E-state index is 0.151. The van der Waals surface area contributed by atoms with Crippen LogP contribution in [0.25, 0.3) is 5.69 Å². The van der Waals surface area contributed by atoms with E-state index < -0.39 is 0 Å². The first kappa shape index (κ1) is 17.9. The maximum atomic E-state index is 12.9. The summed E-state index contributed by atoms with van der Waals surface area (Å²) >= 11 is 0. The van der Waals surface area contributed by atoms with Crippen molar-refractivity contribution >= 4 is 5.91 Å². The molecule has 144 valence electrons. The molecule has 1 unspecified atom stereocenters. The number of likely N-dealkylation sites (tertiary alicyclic amines) is 1. The van der Waals surface area contributed by atoms with E-state index >= 15 is 0 Å². The summed E-state index contributed by atoms with van der Waals surface area (Å²) in [6, 6.07) is 11.4. The molecule has 1 aliphatic heterocycles. The lowest BCUT2D eigenvalue weighted by molar-refractivity contribution is 0.0520. The van der Waals surface area contributed by atoms with Crippen LogP contribution in [0.2, 0.25) is 0 Å². The van der Waals surface area contributed by atoms with Crippen molar-refractivity contribution in [1.29, 1.82) is 0 Å². The van der Waals surface area contributed by atoms with E-state index in [1.54, 1.807) is 17.2 Å². The normalized spacial score (nSPS) is 16.6. The van der Waals surface area contributed by atoms with Gasteiger partial charge in [-0.2, -0.15) is 14.9 Å². The highest BCUT2D eigenvalue weighted by Crippen LogP contribution is 2.19. The molecule has 1 atom stereocenters. The zero-order valence-electron chi connectivity index (χ0n) is 15.4. The fourth-order valence-corrected chi connectivity index (χ4v) is 3.09. The van der Waals surface area contributed by atoms with Gasteiger partial charge in [-0.05, 0) is 25.0 Å². The summed E-state index contributed by atoms with van der Waals surface area (Å²) in [5, 5.41) is 8.53. The van der Waals surface area contributed by atoms with Crippen LogP contribution in [0, 0.1) is 0 Å². The van der Waals surface area contributed by atoms with Crippen LogP contribution in [0.5, 0.6) is 11.9 Å². The van der Waals surface area contributed by atoms with Crippen LogP contribution < -0.4 is 9.47 Å². The lowest BCUT2D eigenvalue weighted by Crippen LogP contribution is -2.44. The number of carbonyl (C=O) groups is 1. The fraction of sp³-hybridized carbons (Fsp3) is 0.316. The average molecular weight is 380 g/mol. The van der Waals surface area contributed by atoms with Crippen molar-refractivity contribution in [3.63, 3.8) is 0 Å². The molecule has 28 heavy (non-hydrogen) atoms. The van der Waals surface area contributed by atoms with E-state index in [4.69, 9.17) is 9.47 Å². The van der Waals surface area contributed by atoms with Crippen LogP contribution in [0.1, 0.15) is 23.3 Å². The number of nitrogens with zero attached hydrogens (tertiary/aromatic N) is 6. The van der Waals surface area contributed by atoms with E-state index in [9.17, 15) is 4.79 Å². The molecule has 4 rings (SSSR count). The maximum absolute atomic E-state index is 12.9. The van der Waals surface area contributed by atoms with Crippen molar-refractivity contribution in [2.45, 2.75) is 18.9 Å². The number of carbonyl (C=O) groups excluding carboxylic acids is 1. The van der Waals surface area contributed by atoms with Crippen molar-refractivity contribution in [3.8, 4) is 17.6 Å². The van der Waals surface area contributed by atoms with Gasteiger partial charge in [-0.3, -0.25) is 4.79 Å². The third kappa shape index (κ3) is 3.93. The number of hydrogen-bond donors (Lipinski definition) is 0. The van der Waals surface area contributed by atoms with Gasteiger partial charge in [0, 0.05) is 18.8 Å². The van der Waals surface area contributed by atoms with Crippen LogP contribution in [0.3, 0.4) is 0 Å². The van der Waals surface area contributed by atoms with Gasteiger partial charge in [0.05, 0.1) is 25.5 Å². The number of para-hydroxylation sites is 1. The van der Waals surface area contributed by atoms with E-state index in [2.05, 4.69) is 20.2 Å². The molecule has 9 nitrogen and oxygen atoms in total. The zero-order chi connectivity index (χ0) is 19.3. The van der Waals surface area contributed by atoms with E-state index in [-0.39, 0.29) is 18.0 Å². The third-order valence-electron chi connectivity index (χ3n) is 4.44. The van der Waals surface area contributed by atoms with Crippen molar-refractivity contribution in [2.75, 3.05) is 20.2 Å². The average Bonchev–Trinajstić information content (AvgIpc) is 3.24. The molecule has 2 aromatic heterocycles. The summed E-state index contributed by atoms with van der Waals surface area (Å²) in [5.74, 6) is 0.275. The van der Waals surface area contributed by atoms with Crippen LogP contribution in [0.4, 0.5) is 0 Å². The predicted octanol–water partition coefficient (Wildman–Crippen LogP) is 1.75. The lowest BCUT2D eigenvalue weighted by Gasteiger charge is -2.32. The van der Waals surface area contributed by atoms with Gasteiger partial charge in [0.25, 0.3) is 5.91 Å². The number of rotatable bonds is 5. The Hall–Kier alpha value is -3.49. The Morgan fingerprint density at radius 3 is 2.89 bits per heavy atom. The van der Waals surface area contributed by atoms with Gasteiger partial charge in [-0.15, -0.1) is 5.10 Å². The Balaban J connectivity index is 1.43. The number of ether oxygens (including phenoxy) is 2. The second-order valence-corrected chi connectivity index (χ2v) is 6.37. The molecule has 1 aliphatic rings. The summed E-state index contributed by atoms with van der Waals surface area (Å²) < 4.78 is 10.9. The largest absolute Gasteiger partial charge is 0.472 e. The van der Waals surface area contributed by atoms with Gasteiger partial charge < -0.3 is 14.4 Å². The molecule has 0 spiro atoms. The number of methoxy groups -OCH3 is 1. The Morgan fingerprint density at radius 2 is 2.07 bits per heavy atom. The molecule has 0 N–H and O–H groups in total. The van der Waals surface area contributed by atoms with Gasteiger partial charge >= 0.3 is 6.01 Å². The molecule has 3 aromatic rings. The van der Waals surface area contributed by atoms with Gasteiger partial charge in [-0.1, -0.05) is 18.2 Å². The van der Waals surface area contributed by atoms with Crippen LogP contribution in [-0.2, 0) is 0 Å².